The number of hydrogen-bond acceptors (Lipinski definition) is 2. The Labute approximate surface area is 119 Å². The predicted molar refractivity (Wildman–Crippen MR) is 76.9 cm³/mol. The second-order valence-corrected chi connectivity index (χ2v) is 6.48. The quantitative estimate of drug-likeness (QED) is 0.852. The van der Waals surface area contributed by atoms with Gasteiger partial charge >= 0.3 is 0 Å². The standard InChI is InChI=1S/C17H19NO2/c1-17(2)9-13-16(14(19)10-17)12(8-15(20)18-13)11-6-4-3-5-7-11/h3-7,9,12,16H,8,10H2,1-2H3,(H,18,20)/t12-,16+/m1/s1. The minimum atomic E-state index is -0.192. The van der Waals surface area contributed by atoms with Gasteiger partial charge in [-0.25, -0.2) is 0 Å². The summed E-state index contributed by atoms with van der Waals surface area (Å²) in [6, 6.07) is 9.89. The normalized spacial score (nSPS) is 28.4. The first-order chi connectivity index (χ1) is 9.46. The van der Waals surface area contributed by atoms with Crippen LogP contribution in [0.1, 0.15) is 38.2 Å². The zero-order valence-electron chi connectivity index (χ0n) is 11.8. The van der Waals surface area contributed by atoms with E-state index in [1.807, 2.05) is 44.2 Å². The van der Waals surface area contributed by atoms with Crippen molar-refractivity contribution in [2.75, 3.05) is 0 Å². The van der Waals surface area contributed by atoms with Crippen molar-refractivity contribution in [3.05, 3.63) is 47.7 Å². The second kappa shape index (κ2) is 4.58. The van der Waals surface area contributed by atoms with Gasteiger partial charge in [0.25, 0.3) is 0 Å². The van der Waals surface area contributed by atoms with Gasteiger partial charge in [0.1, 0.15) is 5.78 Å². The molecule has 3 heteroatoms. The van der Waals surface area contributed by atoms with E-state index in [2.05, 4.69) is 11.4 Å². The molecule has 1 aliphatic carbocycles. The van der Waals surface area contributed by atoms with Crippen molar-refractivity contribution in [1.29, 1.82) is 0 Å². The lowest BCUT2D eigenvalue weighted by Crippen LogP contribution is -2.45. The summed E-state index contributed by atoms with van der Waals surface area (Å²) < 4.78 is 0. The lowest BCUT2D eigenvalue weighted by atomic mass is 9.68. The molecule has 104 valence electrons. The zero-order valence-corrected chi connectivity index (χ0v) is 11.8. The van der Waals surface area contributed by atoms with E-state index >= 15 is 0 Å². The van der Waals surface area contributed by atoms with E-state index in [0.717, 1.165) is 11.3 Å². The highest BCUT2D eigenvalue weighted by Crippen LogP contribution is 2.43. The van der Waals surface area contributed by atoms with Gasteiger partial charge in [-0.05, 0) is 11.0 Å². The van der Waals surface area contributed by atoms with Crippen molar-refractivity contribution in [2.24, 2.45) is 11.3 Å². The maximum atomic E-state index is 12.5. The molecule has 0 saturated carbocycles. The molecule has 3 nitrogen and oxygen atoms in total. The summed E-state index contributed by atoms with van der Waals surface area (Å²) in [4.78, 5) is 24.5. The molecule has 1 amide bonds. The number of rotatable bonds is 1. The molecule has 0 unspecified atom stereocenters. The van der Waals surface area contributed by atoms with Crippen molar-refractivity contribution in [2.45, 2.75) is 32.6 Å². The Kier molecular flexibility index (Phi) is 3.00. The molecule has 2 aliphatic rings. The Hall–Kier alpha value is -1.90. The van der Waals surface area contributed by atoms with Crippen LogP contribution >= 0.6 is 0 Å². The third kappa shape index (κ3) is 2.28. The summed E-state index contributed by atoms with van der Waals surface area (Å²) in [5.41, 5.74) is 1.71. The summed E-state index contributed by atoms with van der Waals surface area (Å²) >= 11 is 0. The van der Waals surface area contributed by atoms with Crippen LogP contribution < -0.4 is 5.32 Å². The lowest BCUT2D eigenvalue weighted by molar-refractivity contribution is -0.128. The van der Waals surface area contributed by atoms with E-state index in [-0.39, 0.29) is 28.9 Å². The molecule has 1 N–H and O–H groups in total. The molecular weight excluding hydrogens is 250 g/mol. The van der Waals surface area contributed by atoms with E-state index in [4.69, 9.17) is 0 Å². The van der Waals surface area contributed by atoms with Crippen LogP contribution in [-0.4, -0.2) is 11.7 Å². The average Bonchev–Trinajstić information content (AvgIpc) is 2.36. The largest absolute Gasteiger partial charge is 0.329 e. The second-order valence-electron chi connectivity index (χ2n) is 6.48. The highest BCUT2D eigenvalue weighted by Gasteiger charge is 2.43. The molecule has 20 heavy (non-hydrogen) atoms. The van der Waals surface area contributed by atoms with Gasteiger partial charge in [0, 0.05) is 24.5 Å². The van der Waals surface area contributed by atoms with Crippen molar-refractivity contribution in [3.63, 3.8) is 0 Å². The third-order valence-corrected chi connectivity index (χ3v) is 4.18. The molecule has 0 aromatic heterocycles. The summed E-state index contributed by atoms with van der Waals surface area (Å²) in [6.07, 6.45) is 2.99. The number of allylic oxidation sites excluding steroid dienone is 2. The van der Waals surface area contributed by atoms with E-state index < -0.39 is 0 Å². The zero-order chi connectivity index (χ0) is 14.3. The van der Waals surface area contributed by atoms with E-state index in [1.165, 1.54) is 0 Å². The highest BCUT2D eigenvalue weighted by molar-refractivity contribution is 5.92. The molecule has 1 saturated heterocycles. The molecule has 0 radical (unpaired) electrons. The van der Waals surface area contributed by atoms with E-state index in [0.29, 0.717) is 12.8 Å². The van der Waals surface area contributed by atoms with Gasteiger partial charge in [0.05, 0.1) is 5.92 Å². The highest BCUT2D eigenvalue weighted by atomic mass is 16.2. The number of fused-ring (bicyclic) bond motifs is 1. The topological polar surface area (TPSA) is 46.2 Å². The van der Waals surface area contributed by atoms with Crippen molar-refractivity contribution >= 4 is 11.7 Å². The Bertz CT molecular complexity index is 586. The van der Waals surface area contributed by atoms with E-state index in [9.17, 15) is 9.59 Å². The Morgan fingerprint density at radius 1 is 1.15 bits per heavy atom. The number of hydrogen-bond donors (Lipinski definition) is 1. The SMILES string of the molecule is CC1(C)C=C2NC(=O)C[C@H](c3ccccc3)[C@@H]2C(=O)C1. The maximum absolute atomic E-state index is 12.5. The van der Waals surface area contributed by atoms with Crippen LogP contribution in [0.15, 0.2) is 42.1 Å². The van der Waals surface area contributed by atoms with E-state index in [1.54, 1.807) is 0 Å². The van der Waals surface area contributed by atoms with Gasteiger partial charge in [0.2, 0.25) is 5.91 Å². The molecule has 2 atom stereocenters. The molecule has 1 aromatic rings. The molecule has 1 aliphatic heterocycles. The number of ketones is 1. The van der Waals surface area contributed by atoms with Gasteiger partial charge in [0.15, 0.2) is 0 Å². The Balaban J connectivity index is 2.04. The summed E-state index contributed by atoms with van der Waals surface area (Å²) in [5.74, 6) is 0.0242. The number of amides is 1. The fourth-order valence-corrected chi connectivity index (χ4v) is 3.39. The van der Waals surface area contributed by atoms with Crippen LogP contribution in [0.2, 0.25) is 0 Å². The first-order valence-corrected chi connectivity index (χ1v) is 7.06. The van der Waals surface area contributed by atoms with Crippen LogP contribution in [0.5, 0.6) is 0 Å². The minimum Gasteiger partial charge on any atom is -0.329 e. The van der Waals surface area contributed by atoms with Crippen LogP contribution in [0, 0.1) is 11.3 Å². The molecular formula is C17H19NO2. The minimum absolute atomic E-state index is 0.00635. The first-order valence-electron chi connectivity index (χ1n) is 7.06. The molecule has 1 fully saturated rings. The number of piperidine rings is 1. The lowest BCUT2D eigenvalue weighted by Gasteiger charge is -2.39. The average molecular weight is 269 g/mol. The molecule has 3 rings (SSSR count). The van der Waals surface area contributed by atoms with Gasteiger partial charge in [-0.1, -0.05) is 50.3 Å². The third-order valence-electron chi connectivity index (χ3n) is 4.18. The summed E-state index contributed by atoms with van der Waals surface area (Å²) in [7, 11) is 0. The number of carbonyl (C=O) groups excluding carboxylic acids is 2. The van der Waals surface area contributed by atoms with Gasteiger partial charge in [-0.15, -0.1) is 0 Å². The monoisotopic (exact) mass is 269 g/mol. The van der Waals surface area contributed by atoms with Crippen LogP contribution in [0.25, 0.3) is 0 Å². The van der Waals surface area contributed by atoms with Gasteiger partial charge < -0.3 is 5.32 Å². The molecule has 0 spiro atoms. The van der Waals surface area contributed by atoms with Crippen molar-refractivity contribution < 1.29 is 9.59 Å². The molecule has 0 bridgehead atoms. The van der Waals surface area contributed by atoms with Crippen LogP contribution in [0.4, 0.5) is 0 Å². The Morgan fingerprint density at radius 3 is 2.55 bits per heavy atom. The number of benzene rings is 1. The summed E-state index contributed by atoms with van der Waals surface area (Å²) in [6.45, 7) is 4.07. The van der Waals surface area contributed by atoms with Crippen LogP contribution in [-0.2, 0) is 9.59 Å². The smallest absolute Gasteiger partial charge is 0.224 e. The van der Waals surface area contributed by atoms with Crippen LogP contribution in [0.3, 0.4) is 0 Å². The Morgan fingerprint density at radius 2 is 1.85 bits per heavy atom. The predicted octanol–water partition coefficient (Wildman–Crippen LogP) is 2.79. The maximum Gasteiger partial charge on any atom is 0.224 e. The first kappa shape index (κ1) is 13.1. The molecule has 1 heterocycles. The fraction of sp³-hybridized carbons (Fsp3) is 0.412. The van der Waals surface area contributed by atoms with Gasteiger partial charge in [-0.2, -0.15) is 0 Å². The number of nitrogens with one attached hydrogen (secondary N) is 1. The number of Topliss-reactive ketones (excluding diaryl/α,β-unsaturated/α-hetero) is 1. The molecule has 1 aromatic carbocycles. The summed E-state index contributed by atoms with van der Waals surface area (Å²) in [5, 5.41) is 2.91. The van der Waals surface area contributed by atoms with Gasteiger partial charge in [-0.3, -0.25) is 9.59 Å². The number of carbonyl (C=O) groups is 2. The van der Waals surface area contributed by atoms with Crippen molar-refractivity contribution in [3.8, 4) is 0 Å². The van der Waals surface area contributed by atoms with Crippen molar-refractivity contribution in [1.82, 2.24) is 5.32 Å². The fourth-order valence-electron chi connectivity index (χ4n) is 3.39.